The molecule has 8 aromatic carbocycles. The molecule has 244 valence electrons. The predicted molar refractivity (Wildman–Crippen MR) is 217 cm³/mol. The summed E-state index contributed by atoms with van der Waals surface area (Å²) in [5, 5.41) is 7.38. The summed E-state index contributed by atoms with van der Waals surface area (Å²) in [5.41, 5.74) is 14.5. The molecular formula is C48H42N2. The van der Waals surface area contributed by atoms with Crippen LogP contribution in [-0.4, -0.2) is 0 Å². The Morgan fingerprint density at radius 1 is 0.260 bits per heavy atom. The lowest BCUT2D eigenvalue weighted by molar-refractivity contribution is 1.26. The van der Waals surface area contributed by atoms with E-state index in [1.54, 1.807) is 0 Å². The normalized spacial score (nSPS) is 11.4. The second-order valence-corrected chi connectivity index (χ2v) is 14.0. The maximum atomic E-state index is 2.44. The third-order valence-electron chi connectivity index (χ3n) is 9.83. The van der Waals surface area contributed by atoms with Crippen molar-refractivity contribution in [1.29, 1.82) is 0 Å². The number of nitrogens with zero attached hydrogens (tertiary/aromatic N) is 2. The Morgan fingerprint density at radius 3 is 0.920 bits per heavy atom. The molecule has 0 atom stereocenters. The van der Waals surface area contributed by atoms with Gasteiger partial charge < -0.3 is 9.80 Å². The quantitative estimate of drug-likeness (QED) is 0.166. The van der Waals surface area contributed by atoms with Gasteiger partial charge in [0.1, 0.15) is 0 Å². The van der Waals surface area contributed by atoms with Gasteiger partial charge in [0.25, 0.3) is 0 Å². The van der Waals surface area contributed by atoms with Crippen molar-refractivity contribution in [3.8, 4) is 0 Å². The van der Waals surface area contributed by atoms with E-state index in [-0.39, 0.29) is 0 Å². The van der Waals surface area contributed by atoms with E-state index in [1.807, 2.05) is 0 Å². The number of fused-ring (bicyclic) bond motifs is 5. The van der Waals surface area contributed by atoms with Crippen molar-refractivity contribution in [2.24, 2.45) is 0 Å². The zero-order valence-corrected chi connectivity index (χ0v) is 29.8. The predicted octanol–water partition coefficient (Wildman–Crippen LogP) is 13.9. The molecule has 0 spiro atoms. The summed E-state index contributed by atoms with van der Waals surface area (Å²) in [6, 6.07) is 54.2. The average molecular weight is 647 g/mol. The van der Waals surface area contributed by atoms with Crippen LogP contribution < -0.4 is 9.80 Å². The summed E-state index contributed by atoms with van der Waals surface area (Å²) in [7, 11) is 0. The van der Waals surface area contributed by atoms with Gasteiger partial charge in [-0.3, -0.25) is 0 Å². The first-order valence-corrected chi connectivity index (χ1v) is 17.5. The van der Waals surface area contributed by atoms with Gasteiger partial charge in [-0.15, -0.1) is 0 Å². The summed E-state index contributed by atoms with van der Waals surface area (Å²) in [5.74, 6) is 0. The highest BCUT2D eigenvalue weighted by molar-refractivity contribution is 6.24. The molecule has 0 aliphatic heterocycles. The maximum absolute atomic E-state index is 2.44. The van der Waals surface area contributed by atoms with Crippen molar-refractivity contribution >= 4 is 66.4 Å². The Morgan fingerprint density at radius 2 is 0.580 bits per heavy atom. The number of aryl methyl sites for hydroxylation is 6. The molecule has 2 nitrogen and oxygen atoms in total. The van der Waals surface area contributed by atoms with Gasteiger partial charge in [0.15, 0.2) is 0 Å². The molecular weight excluding hydrogens is 605 g/mol. The van der Waals surface area contributed by atoms with Crippen molar-refractivity contribution in [2.75, 3.05) is 9.80 Å². The molecule has 0 aromatic heterocycles. The van der Waals surface area contributed by atoms with Gasteiger partial charge in [0.05, 0.1) is 11.4 Å². The topological polar surface area (TPSA) is 6.48 Å². The molecule has 0 saturated heterocycles. The first kappa shape index (κ1) is 31.4. The molecule has 0 amide bonds. The first-order chi connectivity index (χ1) is 24.2. The molecule has 0 unspecified atom stereocenters. The average Bonchev–Trinajstić information content (AvgIpc) is 3.09. The Kier molecular flexibility index (Phi) is 7.88. The third-order valence-corrected chi connectivity index (χ3v) is 9.83. The van der Waals surface area contributed by atoms with E-state index in [1.165, 1.54) is 77.1 Å². The van der Waals surface area contributed by atoms with Crippen LogP contribution in [0.1, 0.15) is 33.4 Å². The summed E-state index contributed by atoms with van der Waals surface area (Å²) >= 11 is 0. The smallest absolute Gasteiger partial charge is 0.0546 e. The maximum Gasteiger partial charge on any atom is 0.0546 e. The highest BCUT2D eigenvalue weighted by atomic mass is 15.2. The van der Waals surface area contributed by atoms with E-state index < -0.39 is 0 Å². The number of hydrogen-bond donors (Lipinski definition) is 0. The minimum Gasteiger partial charge on any atom is -0.310 e. The highest BCUT2D eigenvalue weighted by Crippen LogP contribution is 2.48. The highest BCUT2D eigenvalue weighted by Gasteiger charge is 2.22. The van der Waals surface area contributed by atoms with Gasteiger partial charge in [-0.1, -0.05) is 96.1 Å². The monoisotopic (exact) mass is 646 g/mol. The largest absolute Gasteiger partial charge is 0.310 e. The lowest BCUT2D eigenvalue weighted by atomic mass is 9.93. The van der Waals surface area contributed by atoms with Crippen LogP contribution in [0.3, 0.4) is 0 Å². The molecule has 0 bridgehead atoms. The molecule has 0 aliphatic carbocycles. The molecule has 50 heavy (non-hydrogen) atoms. The van der Waals surface area contributed by atoms with Crippen LogP contribution in [0, 0.1) is 41.5 Å². The summed E-state index contributed by atoms with van der Waals surface area (Å²) < 4.78 is 0. The van der Waals surface area contributed by atoms with Gasteiger partial charge in [-0.2, -0.15) is 0 Å². The van der Waals surface area contributed by atoms with Crippen molar-refractivity contribution < 1.29 is 0 Å². The van der Waals surface area contributed by atoms with E-state index in [0.717, 1.165) is 22.7 Å². The van der Waals surface area contributed by atoms with Crippen molar-refractivity contribution in [1.82, 2.24) is 0 Å². The van der Waals surface area contributed by atoms with E-state index in [2.05, 4.69) is 197 Å². The van der Waals surface area contributed by atoms with Gasteiger partial charge in [0.2, 0.25) is 0 Å². The van der Waals surface area contributed by atoms with Gasteiger partial charge >= 0.3 is 0 Å². The van der Waals surface area contributed by atoms with Crippen LogP contribution in [0.25, 0.3) is 32.3 Å². The van der Waals surface area contributed by atoms with E-state index in [9.17, 15) is 0 Å². The molecule has 0 fully saturated rings. The molecule has 0 aliphatic rings. The van der Waals surface area contributed by atoms with Crippen molar-refractivity contribution in [2.45, 2.75) is 41.5 Å². The standard InChI is InChI=1S/C48H42N2/c1-31-15-19-37(20-16-31)49(39-25-33(3)23-34(4)26-39)47-29-45-42-12-8-10-14-44(42)48(30-46(45)41-11-7-9-13-43(41)47)50(38-21-17-32(2)18-22-38)40-27-35(5)24-36(6)28-40/h7-30H,1-6H3. The van der Waals surface area contributed by atoms with Crippen LogP contribution in [0.5, 0.6) is 0 Å². The molecule has 0 heterocycles. The zero-order valence-electron chi connectivity index (χ0n) is 29.8. The Bertz CT molecular complexity index is 2320. The van der Waals surface area contributed by atoms with Crippen LogP contribution in [0.15, 0.2) is 146 Å². The van der Waals surface area contributed by atoms with Gasteiger partial charge in [-0.05, 0) is 146 Å². The van der Waals surface area contributed by atoms with Crippen LogP contribution >= 0.6 is 0 Å². The van der Waals surface area contributed by atoms with Crippen molar-refractivity contribution in [3.05, 3.63) is 179 Å². The van der Waals surface area contributed by atoms with Crippen LogP contribution in [-0.2, 0) is 0 Å². The molecule has 0 radical (unpaired) electrons. The lowest BCUT2D eigenvalue weighted by Gasteiger charge is -2.30. The van der Waals surface area contributed by atoms with E-state index >= 15 is 0 Å². The second kappa shape index (κ2) is 12.5. The third kappa shape index (κ3) is 5.67. The molecule has 2 heteroatoms. The SMILES string of the molecule is Cc1ccc(N(c2cc(C)cc(C)c2)c2cc3c4ccccc4c(N(c4ccc(C)cc4)c4cc(C)cc(C)c4)cc3c3ccccc23)cc1. The van der Waals surface area contributed by atoms with Crippen molar-refractivity contribution in [3.63, 3.8) is 0 Å². The summed E-state index contributed by atoms with van der Waals surface area (Å²) in [6.45, 7) is 13.1. The lowest BCUT2D eigenvalue weighted by Crippen LogP contribution is -2.12. The fraction of sp³-hybridized carbons (Fsp3) is 0.125. The Labute approximate surface area is 295 Å². The first-order valence-electron chi connectivity index (χ1n) is 17.5. The minimum absolute atomic E-state index is 1.14. The summed E-state index contributed by atoms with van der Waals surface area (Å²) in [4.78, 5) is 4.88. The number of hydrogen-bond acceptors (Lipinski definition) is 2. The van der Waals surface area contributed by atoms with Gasteiger partial charge in [-0.25, -0.2) is 0 Å². The second-order valence-electron chi connectivity index (χ2n) is 14.0. The van der Waals surface area contributed by atoms with Gasteiger partial charge in [0, 0.05) is 33.5 Å². The molecule has 8 aromatic rings. The number of benzene rings is 8. The van der Waals surface area contributed by atoms with Crippen LogP contribution in [0.2, 0.25) is 0 Å². The number of rotatable bonds is 6. The Hall–Kier alpha value is -5.86. The fourth-order valence-electron chi connectivity index (χ4n) is 7.68. The molecule has 0 N–H and O–H groups in total. The zero-order chi connectivity index (χ0) is 34.5. The summed E-state index contributed by atoms with van der Waals surface area (Å²) in [6.07, 6.45) is 0. The molecule has 8 rings (SSSR count). The van der Waals surface area contributed by atoms with Crippen LogP contribution in [0.4, 0.5) is 34.1 Å². The Balaban J connectivity index is 1.47. The van der Waals surface area contributed by atoms with E-state index in [0.29, 0.717) is 0 Å². The molecule has 0 saturated carbocycles. The fourth-order valence-corrected chi connectivity index (χ4v) is 7.68. The number of anilines is 6. The minimum atomic E-state index is 1.14. The van der Waals surface area contributed by atoms with E-state index in [4.69, 9.17) is 0 Å².